The number of carbonyl (C=O) groups excluding carboxylic acids is 2. The highest BCUT2D eigenvalue weighted by Gasteiger charge is 2.26. The van der Waals surface area contributed by atoms with Crippen LogP contribution in [0.15, 0.2) is 65.4 Å². The van der Waals surface area contributed by atoms with Crippen LogP contribution in [-0.4, -0.2) is 34.8 Å². The number of aromatic nitrogens is 1. The topological polar surface area (TPSA) is 87.5 Å². The number of piperidine rings is 1. The molecule has 2 aromatic heterocycles. The monoisotopic (exact) mass is 436 g/mol. The Morgan fingerprint density at radius 1 is 1.19 bits per heavy atom. The number of furan rings is 1. The highest BCUT2D eigenvalue weighted by atomic mass is 19.1. The lowest BCUT2D eigenvalue weighted by atomic mass is 9.97. The fourth-order valence-electron chi connectivity index (χ4n) is 3.85. The molecule has 4 rings (SSSR count). The second-order valence-corrected chi connectivity index (χ2v) is 7.88. The van der Waals surface area contributed by atoms with Crippen LogP contribution in [-0.2, 0) is 17.9 Å². The van der Waals surface area contributed by atoms with Crippen LogP contribution in [0, 0.1) is 11.7 Å². The Labute approximate surface area is 185 Å². The van der Waals surface area contributed by atoms with Crippen molar-refractivity contribution in [2.75, 3.05) is 18.4 Å². The van der Waals surface area contributed by atoms with Crippen molar-refractivity contribution in [3.63, 3.8) is 0 Å². The molecule has 1 atom stereocenters. The van der Waals surface area contributed by atoms with Gasteiger partial charge in [-0.1, -0.05) is 6.07 Å². The largest absolute Gasteiger partial charge is 0.468 e. The van der Waals surface area contributed by atoms with Gasteiger partial charge in [-0.3, -0.25) is 19.5 Å². The van der Waals surface area contributed by atoms with Crippen LogP contribution in [0.3, 0.4) is 0 Å². The Bertz CT molecular complexity index is 1060. The molecule has 166 valence electrons. The van der Waals surface area contributed by atoms with Gasteiger partial charge in [0.2, 0.25) is 5.91 Å². The third-order valence-corrected chi connectivity index (χ3v) is 5.42. The molecule has 1 aliphatic rings. The van der Waals surface area contributed by atoms with Gasteiger partial charge in [0.05, 0.1) is 31.0 Å². The molecule has 0 aliphatic carbocycles. The molecule has 7 nitrogen and oxygen atoms in total. The Hall–Kier alpha value is -3.52. The third-order valence-electron chi connectivity index (χ3n) is 5.42. The summed E-state index contributed by atoms with van der Waals surface area (Å²) in [5.41, 5.74) is 1.10. The first-order chi connectivity index (χ1) is 15.6. The predicted molar refractivity (Wildman–Crippen MR) is 117 cm³/mol. The average molecular weight is 436 g/mol. The summed E-state index contributed by atoms with van der Waals surface area (Å²) in [7, 11) is 0. The number of nitrogens with one attached hydrogen (secondary N) is 2. The zero-order valence-corrected chi connectivity index (χ0v) is 17.6. The second-order valence-electron chi connectivity index (χ2n) is 7.88. The maximum absolute atomic E-state index is 14.2. The van der Waals surface area contributed by atoms with Crippen molar-refractivity contribution >= 4 is 17.5 Å². The summed E-state index contributed by atoms with van der Waals surface area (Å²) in [4.78, 5) is 31.6. The molecule has 3 aromatic rings. The van der Waals surface area contributed by atoms with Gasteiger partial charge in [-0.2, -0.15) is 0 Å². The van der Waals surface area contributed by atoms with Crippen molar-refractivity contribution in [1.29, 1.82) is 0 Å². The number of likely N-dealkylation sites (tertiary alicyclic amines) is 1. The summed E-state index contributed by atoms with van der Waals surface area (Å²) in [5, 5.41) is 5.50. The number of rotatable bonds is 7. The van der Waals surface area contributed by atoms with E-state index in [-0.39, 0.29) is 29.6 Å². The number of anilines is 1. The minimum absolute atomic E-state index is 0.138. The molecule has 0 bridgehead atoms. The van der Waals surface area contributed by atoms with Gasteiger partial charge in [0.1, 0.15) is 11.6 Å². The van der Waals surface area contributed by atoms with E-state index >= 15 is 0 Å². The quantitative estimate of drug-likeness (QED) is 0.591. The van der Waals surface area contributed by atoms with Crippen molar-refractivity contribution in [2.24, 2.45) is 5.92 Å². The van der Waals surface area contributed by atoms with Gasteiger partial charge in [-0.15, -0.1) is 0 Å². The molecule has 8 heteroatoms. The number of halogens is 1. The van der Waals surface area contributed by atoms with Crippen LogP contribution in [0.1, 0.15) is 34.7 Å². The lowest BCUT2D eigenvalue weighted by Crippen LogP contribution is -2.40. The van der Waals surface area contributed by atoms with E-state index in [9.17, 15) is 14.0 Å². The number of hydrogen-bond donors (Lipinski definition) is 2. The van der Waals surface area contributed by atoms with Gasteiger partial charge >= 0.3 is 0 Å². The first-order valence-corrected chi connectivity index (χ1v) is 10.6. The molecule has 2 amide bonds. The number of carbonyl (C=O) groups is 2. The molecule has 1 aromatic carbocycles. The molecule has 0 radical (unpaired) electrons. The Morgan fingerprint density at radius 2 is 2.09 bits per heavy atom. The average Bonchev–Trinajstić information content (AvgIpc) is 3.31. The summed E-state index contributed by atoms with van der Waals surface area (Å²) in [6.45, 7) is 2.37. The zero-order valence-electron chi connectivity index (χ0n) is 17.6. The maximum Gasteiger partial charge on any atom is 0.251 e. The van der Waals surface area contributed by atoms with E-state index in [1.807, 2.05) is 18.2 Å². The normalized spacial score (nSPS) is 16.5. The van der Waals surface area contributed by atoms with Gasteiger partial charge in [0.25, 0.3) is 5.91 Å². The van der Waals surface area contributed by atoms with Gasteiger partial charge in [0.15, 0.2) is 0 Å². The minimum atomic E-state index is -0.589. The molecule has 3 heterocycles. The third kappa shape index (κ3) is 5.79. The van der Waals surface area contributed by atoms with Crippen molar-refractivity contribution < 1.29 is 18.4 Å². The highest BCUT2D eigenvalue weighted by molar-refractivity contribution is 5.97. The van der Waals surface area contributed by atoms with E-state index in [2.05, 4.69) is 20.5 Å². The molecule has 32 heavy (non-hydrogen) atoms. The van der Waals surface area contributed by atoms with Crippen molar-refractivity contribution in [1.82, 2.24) is 15.2 Å². The van der Waals surface area contributed by atoms with Crippen LogP contribution in [0.5, 0.6) is 0 Å². The lowest BCUT2D eigenvalue weighted by Gasteiger charge is -2.31. The molecular weight excluding hydrogens is 411 g/mol. The summed E-state index contributed by atoms with van der Waals surface area (Å²) in [6.07, 6.45) is 4.92. The van der Waals surface area contributed by atoms with Gasteiger partial charge in [-0.25, -0.2) is 4.39 Å². The van der Waals surface area contributed by atoms with E-state index in [0.29, 0.717) is 18.8 Å². The lowest BCUT2D eigenvalue weighted by molar-refractivity contribution is -0.121. The number of benzene rings is 1. The van der Waals surface area contributed by atoms with E-state index in [0.717, 1.165) is 31.2 Å². The number of pyridine rings is 1. The minimum Gasteiger partial charge on any atom is -0.468 e. The Balaban J connectivity index is 1.36. The van der Waals surface area contributed by atoms with Gasteiger partial charge in [0, 0.05) is 24.0 Å². The van der Waals surface area contributed by atoms with E-state index in [1.54, 1.807) is 24.6 Å². The fraction of sp³-hybridized carbons (Fsp3) is 0.292. The maximum atomic E-state index is 14.2. The van der Waals surface area contributed by atoms with E-state index in [4.69, 9.17) is 4.42 Å². The van der Waals surface area contributed by atoms with Crippen LogP contribution >= 0.6 is 0 Å². The van der Waals surface area contributed by atoms with E-state index in [1.165, 1.54) is 12.1 Å². The molecular formula is C24H25FN4O3. The Morgan fingerprint density at radius 3 is 2.88 bits per heavy atom. The molecule has 1 aliphatic heterocycles. The smallest absolute Gasteiger partial charge is 0.251 e. The number of nitrogens with zero attached hydrogens (tertiary/aromatic N) is 2. The molecule has 0 saturated carbocycles. The van der Waals surface area contributed by atoms with Crippen molar-refractivity contribution in [3.8, 4) is 0 Å². The van der Waals surface area contributed by atoms with Crippen LogP contribution in [0.4, 0.5) is 10.1 Å². The molecule has 0 spiro atoms. The first kappa shape index (κ1) is 21.7. The Kier molecular flexibility index (Phi) is 6.91. The van der Waals surface area contributed by atoms with Crippen LogP contribution < -0.4 is 10.6 Å². The van der Waals surface area contributed by atoms with E-state index < -0.39 is 11.7 Å². The highest BCUT2D eigenvalue weighted by Crippen LogP contribution is 2.22. The molecule has 2 N–H and O–H groups in total. The standard InChI is InChI=1S/C24H25FN4O3/c25-19-11-18(23(30)27-14-20-6-1-2-8-26-20)12-21(13-19)28-24(31)17-5-3-9-29(15-17)16-22-7-4-10-32-22/h1-2,4,6-8,10-13,17H,3,5,9,14-16H2,(H,27,30)(H,28,31). The summed E-state index contributed by atoms with van der Waals surface area (Å²) >= 11 is 0. The first-order valence-electron chi connectivity index (χ1n) is 10.6. The SMILES string of the molecule is O=C(NCc1ccccn1)c1cc(F)cc(NC(=O)C2CCCN(Cc3ccco3)C2)c1. The van der Waals surface area contributed by atoms with Crippen molar-refractivity contribution in [3.05, 3.63) is 83.8 Å². The summed E-state index contributed by atoms with van der Waals surface area (Å²) < 4.78 is 19.6. The molecule has 1 fully saturated rings. The van der Waals surface area contributed by atoms with Crippen molar-refractivity contribution in [2.45, 2.75) is 25.9 Å². The van der Waals surface area contributed by atoms with Crippen LogP contribution in [0.2, 0.25) is 0 Å². The number of amides is 2. The summed E-state index contributed by atoms with van der Waals surface area (Å²) in [6, 6.07) is 13.0. The van der Waals surface area contributed by atoms with Gasteiger partial charge < -0.3 is 15.1 Å². The van der Waals surface area contributed by atoms with Gasteiger partial charge in [-0.05, 0) is 61.9 Å². The summed E-state index contributed by atoms with van der Waals surface area (Å²) in [5.74, 6) is -0.567. The predicted octanol–water partition coefficient (Wildman–Crippen LogP) is 3.59. The second kappa shape index (κ2) is 10.2. The molecule has 1 unspecified atom stereocenters. The zero-order chi connectivity index (χ0) is 22.3. The number of hydrogen-bond acceptors (Lipinski definition) is 5. The van der Waals surface area contributed by atoms with Crippen LogP contribution in [0.25, 0.3) is 0 Å². The fourth-order valence-corrected chi connectivity index (χ4v) is 3.85. The molecule has 1 saturated heterocycles.